The fourth-order valence-corrected chi connectivity index (χ4v) is 4.40. The summed E-state index contributed by atoms with van der Waals surface area (Å²) in [6.07, 6.45) is 1.44. The molecule has 1 N–H and O–H groups in total. The molecule has 0 aliphatic carbocycles. The van der Waals surface area contributed by atoms with Gasteiger partial charge in [0.25, 0.3) is 15.9 Å². The monoisotopic (exact) mass is 475 g/mol. The molecule has 0 unspecified atom stereocenters. The van der Waals surface area contributed by atoms with Gasteiger partial charge in [-0.1, -0.05) is 59.6 Å². The Labute approximate surface area is 191 Å². The predicted molar refractivity (Wildman–Crippen MR) is 124 cm³/mol. The van der Waals surface area contributed by atoms with Crippen molar-refractivity contribution in [3.8, 4) is 0 Å². The molecule has 0 saturated carbocycles. The van der Waals surface area contributed by atoms with Gasteiger partial charge < -0.3 is 0 Å². The Bertz CT molecular complexity index is 1200. The third-order valence-corrected chi connectivity index (χ3v) is 6.78. The van der Waals surface area contributed by atoms with Crippen molar-refractivity contribution in [2.75, 3.05) is 10.8 Å². The standard InChI is InChI=1S/C22H19Cl2N3O3S/c1-16-7-12-19(13-21(16)24)27(31(29,30)20-5-3-2-4-6-20)15-22(28)26-25-14-17-8-10-18(23)11-9-17/h2-14H,15H2,1H3,(H,26,28)/b25-14-. The quantitative estimate of drug-likeness (QED) is 0.399. The Morgan fingerprint density at radius 3 is 2.35 bits per heavy atom. The van der Waals surface area contributed by atoms with Crippen molar-refractivity contribution in [2.45, 2.75) is 11.8 Å². The lowest BCUT2D eigenvalue weighted by Gasteiger charge is -2.24. The molecule has 3 aromatic carbocycles. The summed E-state index contributed by atoms with van der Waals surface area (Å²) in [7, 11) is -4.01. The van der Waals surface area contributed by atoms with Gasteiger partial charge in [-0.25, -0.2) is 13.8 Å². The molecule has 0 aliphatic rings. The van der Waals surface area contributed by atoms with Gasteiger partial charge in [0.2, 0.25) is 0 Å². The fraction of sp³-hybridized carbons (Fsp3) is 0.0909. The second-order valence-electron chi connectivity index (χ2n) is 6.60. The van der Waals surface area contributed by atoms with Crippen LogP contribution in [0.2, 0.25) is 10.0 Å². The summed E-state index contributed by atoms with van der Waals surface area (Å²) in [4.78, 5) is 12.6. The highest BCUT2D eigenvalue weighted by Gasteiger charge is 2.27. The Kier molecular flexibility index (Phi) is 7.33. The van der Waals surface area contributed by atoms with E-state index in [1.165, 1.54) is 24.4 Å². The minimum atomic E-state index is -4.01. The van der Waals surface area contributed by atoms with Gasteiger partial charge in [-0.3, -0.25) is 9.10 Å². The highest BCUT2D eigenvalue weighted by Crippen LogP contribution is 2.27. The summed E-state index contributed by atoms with van der Waals surface area (Å²) in [5, 5.41) is 4.87. The molecule has 6 nitrogen and oxygen atoms in total. The molecular formula is C22H19Cl2N3O3S. The Morgan fingerprint density at radius 2 is 1.71 bits per heavy atom. The number of aryl methyl sites for hydroxylation is 1. The molecule has 3 aromatic rings. The number of halogens is 2. The van der Waals surface area contributed by atoms with Crippen molar-refractivity contribution >= 4 is 51.0 Å². The first kappa shape index (κ1) is 22.8. The Balaban J connectivity index is 1.85. The normalized spacial score (nSPS) is 11.5. The number of benzene rings is 3. The molecule has 0 spiro atoms. The molecule has 0 bridgehead atoms. The van der Waals surface area contributed by atoms with Crippen molar-refractivity contribution in [3.05, 3.63) is 94.0 Å². The van der Waals surface area contributed by atoms with Crippen LogP contribution in [0.15, 0.2) is 82.8 Å². The number of hydrogen-bond acceptors (Lipinski definition) is 4. The summed E-state index contributed by atoms with van der Waals surface area (Å²) in [5.74, 6) is -0.610. The van der Waals surface area contributed by atoms with Gasteiger partial charge in [-0.2, -0.15) is 5.10 Å². The molecule has 31 heavy (non-hydrogen) atoms. The third-order valence-electron chi connectivity index (χ3n) is 4.33. The second kappa shape index (κ2) is 9.96. The third kappa shape index (κ3) is 5.85. The van der Waals surface area contributed by atoms with Crippen molar-refractivity contribution in [1.82, 2.24) is 5.43 Å². The lowest BCUT2D eigenvalue weighted by atomic mass is 10.2. The Hall–Kier alpha value is -2.87. The summed E-state index contributed by atoms with van der Waals surface area (Å²) in [6, 6.07) is 19.5. The summed E-state index contributed by atoms with van der Waals surface area (Å²) in [6.45, 7) is 1.33. The highest BCUT2D eigenvalue weighted by molar-refractivity contribution is 7.92. The van der Waals surface area contributed by atoms with Crippen LogP contribution in [-0.2, 0) is 14.8 Å². The van der Waals surface area contributed by atoms with Crippen molar-refractivity contribution < 1.29 is 13.2 Å². The predicted octanol–water partition coefficient (Wildman–Crippen LogP) is 4.65. The van der Waals surface area contributed by atoms with Crippen LogP contribution in [0, 0.1) is 6.92 Å². The van der Waals surface area contributed by atoms with Crippen LogP contribution in [0.25, 0.3) is 0 Å². The maximum atomic E-state index is 13.2. The zero-order valence-corrected chi connectivity index (χ0v) is 18.8. The van der Waals surface area contributed by atoms with Gasteiger partial charge in [-0.15, -0.1) is 0 Å². The van der Waals surface area contributed by atoms with Crippen molar-refractivity contribution in [2.24, 2.45) is 5.10 Å². The van der Waals surface area contributed by atoms with Crippen LogP contribution in [0.4, 0.5) is 5.69 Å². The molecule has 3 rings (SSSR count). The van der Waals surface area contributed by atoms with Gasteiger partial charge in [-0.05, 0) is 54.4 Å². The summed E-state index contributed by atoms with van der Waals surface area (Å²) < 4.78 is 27.5. The molecule has 0 saturated heterocycles. The lowest BCUT2D eigenvalue weighted by molar-refractivity contribution is -0.119. The first-order chi connectivity index (χ1) is 14.8. The Morgan fingerprint density at radius 1 is 1.03 bits per heavy atom. The van der Waals surface area contributed by atoms with Crippen LogP contribution in [-0.4, -0.2) is 27.1 Å². The van der Waals surface area contributed by atoms with E-state index < -0.39 is 22.5 Å². The first-order valence-electron chi connectivity index (χ1n) is 9.19. The van der Waals surface area contributed by atoms with E-state index in [0.717, 1.165) is 15.4 Å². The number of anilines is 1. The van der Waals surface area contributed by atoms with Crippen LogP contribution < -0.4 is 9.73 Å². The molecule has 0 aliphatic heterocycles. The van der Waals surface area contributed by atoms with E-state index in [9.17, 15) is 13.2 Å². The SMILES string of the molecule is Cc1ccc(N(CC(=O)N/N=C\c2ccc(Cl)cc2)S(=O)(=O)c2ccccc2)cc1Cl. The van der Waals surface area contributed by atoms with E-state index in [2.05, 4.69) is 10.5 Å². The summed E-state index contributed by atoms with van der Waals surface area (Å²) >= 11 is 12.0. The first-order valence-corrected chi connectivity index (χ1v) is 11.4. The maximum absolute atomic E-state index is 13.2. The minimum Gasteiger partial charge on any atom is -0.271 e. The number of hydrogen-bond donors (Lipinski definition) is 1. The van der Waals surface area contributed by atoms with E-state index in [-0.39, 0.29) is 10.6 Å². The van der Waals surface area contributed by atoms with E-state index >= 15 is 0 Å². The number of carbonyl (C=O) groups is 1. The fourth-order valence-electron chi connectivity index (χ4n) is 2.67. The molecule has 0 atom stereocenters. The van der Waals surface area contributed by atoms with Crippen molar-refractivity contribution in [1.29, 1.82) is 0 Å². The van der Waals surface area contributed by atoms with Gasteiger partial charge >= 0.3 is 0 Å². The number of hydrazone groups is 1. The highest BCUT2D eigenvalue weighted by atomic mass is 35.5. The average molecular weight is 476 g/mol. The number of rotatable bonds is 7. The largest absolute Gasteiger partial charge is 0.271 e. The smallest absolute Gasteiger partial charge is 0.264 e. The molecule has 160 valence electrons. The molecule has 0 heterocycles. The van der Waals surface area contributed by atoms with Gasteiger partial charge in [0, 0.05) is 10.0 Å². The number of amides is 1. The molecule has 0 aromatic heterocycles. The lowest BCUT2D eigenvalue weighted by Crippen LogP contribution is -2.39. The van der Waals surface area contributed by atoms with Crippen LogP contribution in [0.1, 0.15) is 11.1 Å². The van der Waals surface area contributed by atoms with Crippen LogP contribution in [0.5, 0.6) is 0 Å². The molecule has 0 radical (unpaired) electrons. The topological polar surface area (TPSA) is 78.8 Å². The number of nitrogens with one attached hydrogen (secondary N) is 1. The zero-order chi connectivity index (χ0) is 22.4. The number of nitrogens with zero attached hydrogens (tertiary/aromatic N) is 2. The van der Waals surface area contributed by atoms with Crippen LogP contribution in [0.3, 0.4) is 0 Å². The van der Waals surface area contributed by atoms with Crippen molar-refractivity contribution in [3.63, 3.8) is 0 Å². The zero-order valence-electron chi connectivity index (χ0n) is 16.5. The maximum Gasteiger partial charge on any atom is 0.264 e. The van der Waals surface area contributed by atoms with E-state index in [4.69, 9.17) is 23.2 Å². The molecule has 9 heteroatoms. The van der Waals surface area contributed by atoms with Gasteiger partial charge in [0.1, 0.15) is 6.54 Å². The van der Waals surface area contributed by atoms with Gasteiger partial charge in [0.05, 0.1) is 16.8 Å². The number of carbonyl (C=O) groups excluding carboxylic acids is 1. The van der Waals surface area contributed by atoms with Crippen LogP contribution >= 0.6 is 23.2 Å². The van der Waals surface area contributed by atoms with Gasteiger partial charge in [0.15, 0.2) is 0 Å². The van der Waals surface area contributed by atoms with E-state index in [0.29, 0.717) is 10.0 Å². The second-order valence-corrected chi connectivity index (χ2v) is 9.31. The molecule has 1 amide bonds. The van der Waals surface area contributed by atoms with E-state index in [1.54, 1.807) is 61.5 Å². The molecule has 0 fully saturated rings. The summed E-state index contributed by atoms with van der Waals surface area (Å²) in [5.41, 5.74) is 4.15. The molecular weight excluding hydrogens is 457 g/mol. The minimum absolute atomic E-state index is 0.0594. The number of sulfonamides is 1. The van der Waals surface area contributed by atoms with E-state index in [1.807, 2.05) is 0 Å². The average Bonchev–Trinajstić information content (AvgIpc) is 2.76.